The Morgan fingerprint density at radius 2 is 2.00 bits per heavy atom. The van der Waals surface area contributed by atoms with Crippen molar-refractivity contribution in [2.45, 2.75) is 0 Å². The van der Waals surface area contributed by atoms with Gasteiger partial charge in [-0.2, -0.15) is 5.10 Å². The second kappa shape index (κ2) is 8.74. The van der Waals surface area contributed by atoms with E-state index in [0.29, 0.717) is 28.7 Å². The van der Waals surface area contributed by atoms with Crippen LogP contribution in [0, 0.1) is 0 Å². The molecule has 0 heterocycles. The molecule has 0 unspecified atom stereocenters. The largest absolute Gasteiger partial charge is 0.493 e. The molecule has 5 nitrogen and oxygen atoms in total. The van der Waals surface area contributed by atoms with Gasteiger partial charge in [-0.25, -0.2) is 5.43 Å². The summed E-state index contributed by atoms with van der Waals surface area (Å²) in [7, 11) is 1.55. The molecule has 0 bridgehead atoms. The summed E-state index contributed by atoms with van der Waals surface area (Å²) in [5.41, 5.74) is 3.69. The van der Waals surface area contributed by atoms with Crippen LogP contribution in [0.5, 0.6) is 11.5 Å². The Balaban J connectivity index is 2.02. The van der Waals surface area contributed by atoms with E-state index >= 15 is 0 Å². The first-order valence-electron chi connectivity index (χ1n) is 7.14. The van der Waals surface area contributed by atoms with Gasteiger partial charge in [-0.1, -0.05) is 24.3 Å². The number of halogens is 1. The first-order chi connectivity index (χ1) is 11.6. The third-order valence-corrected chi connectivity index (χ3v) is 3.28. The predicted octanol–water partition coefficient (Wildman–Crippen LogP) is 3.68. The first-order valence-corrected chi connectivity index (χ1v) is 7.52. The van der Waals surface area contributed by atoms with E-state index in [-0.39, 0.29) is 5.91 Å². The third kappa shape index (κ3) is 4.86. The van der Waals surface area contributed by atoms with Crippen molar-refractivity contribution in [2.24, 2.45) is 5.10 Å². The zero-order chi connectivity index (χ0) is 17.4. The average molecular weight is 345 g/mol. The van der Waals surface area contributed by atoms with Gasteiger partial charge in [-0.05, 0) is 48.0 Å². The van der Waals surface area contributed by atoms with Crippen LogP contribution in [0.1, 0.15) is 15.9 Å². The van der Waals surface area contributed by atoms with Gasteiger partial charge >= 0.3 is 0 Å². The summed E-state index contributed by atoms with van der Waals surface area (Å²) in [6.07, 6.45) is 3.18. The molecule has 0 atom stereocenters. The predicted molar refractivity (Wildman–Crippen MR) is 95.2 cm³/mol. The third-order valence-electron chi connectivity index (χ3n) is 3.03. The summed E-state index contributed by atoms with van der Waals surface area (Å²) in [5.74, 6) is 0.866. The van der Waals surface area contributed by atoms with Crippen LogP contribution in [0.4, 0.5) is 0 Å². The molecular formula is C18H17ClN2O3. The van der Waals surface area contributed by atoms with Gasteiger partial charge < -0.3 is 9.47 Å². The molecule has 0 saturated carbocycles. The molecule has 24 heavy (non-hydrogen) atoms. The van der Waals surface area contributed by atoms with Crippen molar-refractivity contribution in [3.05, 3.63) is 71.3 Å². The monoisotopic (exact) mass is 344 g/mol. The van der Waals surface area contributed by atoms with Crippen molar-refractivity contribution >= 4 is 23.7 Å². The van der Waals surface area contributed by atoms with E-state index in [1.165, 1.54) is 6.21 Å². The molecule has 2 rings (SSSR count). The van der Waals surface area contributed by atoms with Crippen LogP contribution in [0.3, 0.4) is 0 Å². The molecule has 2 aromatic carbocycles. The quantitative estimate of drug-likeness (QED) is 0.473. The lowest BCUT2D eigenvalue weighted by Crippen LogP contribution is -2.17. The number of hydrogen-bond acceptors (Lipinski definition) is 4. The molecule has 0 aliphatic heterocycles. The summed E-state index contributed by atoms with van der Waals surface area (Å²) >= 11 is 5.78. The number of ether oxygens (including phenoxy) is 2. The van der Waals surface area contributed by atoms with Gasteiger partial charge in [-0.15, -0.1) is 0 Å². The Bertz CT molecular complexity index is 742. The Morgan fingerprint density at radius 3 is 2.67 bits per heavy atom. The van der Waals surface area contributed by atoms with Crippen molar-refractivity contribution in [3.63, 3.8) is 0 Å². The van der Waals surface area contributed by atoms with E-state index in [9.17, 15) is 4.79 Å². The van der Waals surface area contributed by atoms with Crippen molar-refractivity contribution in [3.8, 4) is 11.5 Å². The Hall–Kier alpha value is -2.79. The number of methoxy groups -OCH3 is 1. The number of carbonyl (C=O) groups is 1. The molecule has 0 saturated heterocycles. The smallest absolute Gasteiger partial charge is 0.271 e. The van der Waals surface area contributed by atoms with E-state index in [0.717, 1.165) is 5.56 Å². The lowest BCUT2D eigenvalue weighted by Gasteiger charge is -2.09. The Labute approximate surface area is 145 Å². The van der Waals surface area contributed by atoms with E-state index in [2.05, 4.69) is 17.1 Å². The van der Waals surface area contributed by atoms with Crippen molar-refractivity contribution in [1.29, 1.82) is 0 Å². The minimum atomic E-state index is -0.319. The van der Waals surface area contributed by atoms with Crippen LogP contribution in [0.15, 0.2) is 60.2 Å². The molecule has 124 valence electrons. The van der Waals surface area contributed by atoms with E-state index in [4.69, 9.17) is 21.1 Å². The summed E-state index contributed by atoms with van der Waals surface area (Å²) in [4.78, 5) is 11.9. The van der Waals surface area contributed by atoms with Crippen LogP contribution >= 0.6 is 11.6 Å². The van der Waals surface area contributed by atoms with Gasteiger partial charge in [0, 0.05) is 10.6 Å². The van der Waals surface area contributed by atoms with Crippen molar-refractivity contribution in [1.82, 2.24) is 5.43 Å². The zero-order valence-electron chi connectivity index (χ0n) is 13.2. The molecule has 0 aliphatic rings. The highest BCUT2D eigenvalue weighted by Crippen LogP contribution is 2.27. The molecule has 0 fully saturated rings. The molecule has 0 radical (unpaired) electrons. The SMILES string of the molecule is C=CCOc1ccc(/C=N\NC(=O)c2ccc(Cl)cc2)cc1OC. The van der Waals surface area contributed by atoms with Gasteiger partial charge in [0.2, 0.25) is 0 Å². The van der Waals surface area contributed by atoms with Gasteiger partial charge in [0.05, 0.1) is 13.3 Å². The highest BCUT2D eigenvalue weighted by molar-refractivity contribution is 6.30. The molecule has 0 spiro atoms. The first kappa shape index (κ1) is 17.6. The van der Waals surface area contributed by atoms with E-state index in [1.807, 2.05) is 0 Å². The minimum absolute atomic E-state index is 0.319. The number of nitrogens with zero attached hydrogens (tertiary/aromatic N) is 1. The van der Waals surface area contributed by atoms with E-state index in [1.54, 1.807) is 55.7 Å². The standard InChI is InChI=1S/C18H17ClN2O3/c1-3-10-24-16-9-4-13(11-17(16)23-2)12-20-21-18(22)14-5-7-15(19)8-6-14/h3-9,11-12H,1,10H2,2H3,(H,21,22)/b20-12-. The molecular weight excluding hydrogens is 328 g/mol. The maximum atomic E-state index is 11.9. The summed E-state index contributed by atoms with van der Waals surface area (Å²) in [5, 5.41) is 4.51. The lowest BCUT2D eigenvalue weighted by atomic mass is 10.2. The summed E-state index contributed by atoms with van der Waals surface area (Å²) in [6, 6.07) is 11.9. The number of carbonyl (C=O) groups excluding carboxylic acids is 1. The van der Waals surface area contributed by atoms with Crippen LogP contribution in [0.25, 0.3) is 0 Å². The Morgan fingerprint density at radius 1 is 1.25 bits per heavy atom. The summed E-state index contributed by atoms with van der Waals surface area (Å²) < 4.78 is 10.7. The lowest BCUT2D eigenvalue weighted by molar-refractivity contribution is 0.0955. The maximum Gasteiger partial charge on any atom is 0.271 e. The number of benzene rings is 2. The fourth-order valence-corrected chi connectivity index (χ4v) is 1.99. The molecule has 1 N–H and O–H groups in total. The molecule has 0 aromatic heterocycles. The zero-order valence-corrected chi connectivity index (χ0v) is 13.9. The van der Waals surface area contributed by atoms with Gasteiger partial charge in [0.15, 0.2) is 11.5 Å². The topological polar surface area (TPSA) is 59.9 Å². The average Bonchev–Trinajstić information content (AvgIpc) is 2.60. The fourth-order valence-electron chi connectivity index (χ4n) is 1.86. The maximum absolute atomic E-state index is 11.9. The molecule has 1 amide bonds. The van der Waals surface area contributed by atoms with Crippen LogP contribution in [-0.4, -0.2) is 25.8 Å². The number of hydrogen-bond donors (Lipinski definition) is 1. The van der Waals surface area contributed by atoms with Crippen LogP contribution in [0.2, 0.25) is 5.02 Å². The highest BCUT2D eigenvalue weighted by Gasteiger charge is 2.05. The number of nitrogens with one attached hydrogen (secondary N) is 1. The highest BCUT2D eigenvalue weighted by atomic mass is 35.5. The number of amides is 1. The van der Waals surface area contributed by atoms with Crippen LogP contribution in [-0.2, 0) is 0 Å². The fraction of sp³-hybridized carbons (Fsp3) is 0.111. The second-order valence-corrected chi connectivity index (χ2v) is 5.15. The van der Waals surface area contributed by atoms with Gasteiger partial charge in [0.25, 0.3) is 5.91 Å². The van der Waals surface area contributed by atoms with Crippen molar-refractivity contribution < 1.29 is 14.3 Å². The van der Waals surface area contributed by atoms with Crippen LogP contribution < -0.4 is 14.9 Å². The second-order valence-electron chi connectivity index (χ2n) is 4.72. The van der Waals surface area contributed by atoms with E-state index < -0.39 is 0 Å². The Kier molecular flexibility index (Phi) is 6.40. The van der Waals surface area contributed by atoms with Gasteiger partial charge in [-0.3, -0.25) is 4.79 Å². The molecule has 0 aliphatic carbocycles. The minimum Gasteiger partial charge on any atom is -0.493 e. The molecule has 6 heteroatoms. The summed E-state index contributed by atoms with van der Waals surface area (Å²) in [6.45, 7) is 3.99. The number of rotatable bonds is 7. The normalized spacial score (nSPS) is 10.4. The van der Waals surface area contributed by atoms with Gasteiger partial charge in [0.1, 0.15) is 6.61 Å². The molecule has 2 aromatic rings. The van der Waals surface area contributed by atoms with Crippen molar-refractivity contribution in [2.75, 3.05) is 13.7 Å². The number of hydrazone groups is 1.